The lowest BCUT2D eigenvalue weighted by Crippen LogP contribution is -2.44. The van der Waals surface area contributed by atoms with E-state index in [0.29, 0.717) is 30.1 Å². The molecule has 2 rings (SSSR count). The van der Waals surface area contributed by atoms with Crippen molar-refractivity contribution in [2.45, 2.75) is 130 Å². The van der Waals surface area contributed by atoms with Gasteiger partial charge in [-0.1, -0.05) is 40.5 Å². The van der Waals surface area contributed by atoms with Crippen LogP contribution < -0.4 is 0 Å². The van der Waals surface area contributed by atoms with Crippen LogP contribution >= 0.6 is 0 Å². The van der Waals surface area contributed by atoms with E-state index in [0.717, 1.165) is 12.8 Å². The third-order valence-corrected chi connectivity index (χ3v) is 9.50. The first-order valence-corrected chi connectivity index (χ1v) is 20.5. The number of fused-ring (bicyclic) bond motifs is 1. The van der Waals surface area contributed by atoms with Crippen LogP contribution in [0.4, 0.5) is 0 Å². The molecule has 2 aliphatic rings. The lowest BCUT2D eigenvalue weighted by Gasteiger charge is -2.40. The summed E-state index contributed by atoms with van der Waals surface area (Å²) in [6.07, 6.45) is 6.66. The molecule has 1 aliphatic carbocycles. The summed E-state index contributed by atoms with van der Waals surface area (Å²) >= 11 is 0. The Kier molecular flexibility index (Phi) is 10.9. The van der Waals surface area contributed by atoms with Gasteiger partial charge in [0, 0.05) is 12.2 Å². The van der Waals surface area contributed by atoms with E-state index < -0.39 is 16.6 Å². The largest absolute Gasteiger partial charge is 0.469 e. The van der Waals surface area contributed by atoms with Gasteiger partial charge in [-0.25, -0.2) is 0 Å². The summed E-state index contributed by atoms with van der Waals surface area (Å²) in [6, 6.07) is 0. The predicted molar refractivity (Wildman–Crippen MR) is 145 cm³/mol. The Morgan fingerprint density at radius 2 is 1.47 bits per heavy atom. The molecule has 1 saturated heterocycles. The first-order valence-electron chi connectivity index (χ1n) is 13.7. The fraction of sp³-hybridized carbons (Fsp3) is 0.963. The zero-order chi connectivity index (χ0) is 25.8. The highest BCUT2D eigenvalue weighted by Gasteiger charge is 2.50. The number of carbonyl (C=O) groups excluding carboxylic acids is 1. The van der Waals surface area contributed by atoms with E-state index in [4.69, 9.17) is 18.3 Å². The second-order valence-electron chi connectivity index (χ2n) is 13.4. The summed E-state index contributed by atoms with van der Waals surface area (Å²) < 4.78 is 25.1. The van der Waals surface area contributed by atoms with E-state index >= 15 is 0 Å². The van der Waals surface area contributed by atoms with Gasteiger partial charge in [0.05, 0.1) is 25.2 Å². The minimum atomic E-state index is -1.85. The van der Waals surface area contributed by atoms with Crippen molar-refractivity contribution < 1.29 is 23.1 Å². The standard InChI is InChI=1S/C27H54O5Si2/c1-18(2)21-16-23(31-33(6,7)8)20(4)14-12-13-19(3)15-25-26(30-25)22(27(28)29-5)17-24(21)32-34(9,10)11/h18-26H,12-17H2,1-11H3/t19-,20+,21-,22?,23+,24-,25?,26?/m1/s1. The van der Waals surface area contributed by atoms with Crippen LogP contribution in [-0.2, 0) is 23.1 Å². The SMILES string of the molecule is COC(=O)C1C[C@@H](O[Si](C)(C)C)[C@@H](C(C)C)C[C@H](O[Si](C)(C)C)[C@@H](C)CCC[C@@H](C)CC2OC21. The Labute approximate surface area is 212 Å². The van der Waals surface area contributed by atoms with Crippen LogP contribution in [0.25, 0.3) is 0 Å². The Morgan fingerprint density at radius 1 is 0.882 bits per heavy atom. The van der Waals surface area contributed by atoms with E-state index in [1.54, 1.807) is 0 Å². The van der Waals surface area contributed by atoms with Gasteiger partial charge in [-0.2, -0.15) is 0 Å². The topological polar surface area (TPSA) is 57.3 Å². The molecule has 0 aromatic rings. The quantitative estimate of drug-likeness (QED) is 0.220. The molecule has 0 aromatic heterocycles. The van der Waals surface area contributed by atoms with Crippen LogP contribution in [0, 0.1) is 29.6 Å². The average molecular weight is 515 g/mol. The van der Waals surface area contributed by atoms with Crippen molar-refractivity contribution in [2.24, 2.45) is 29.6 Å². The number of ether oxygens (including phenoxy) is 2. The molecule has 3 unspecified atom stereocenters. The zero-order valence-electron chi connectivity index (χ0n) is 24.0. The van der Waals surface area contributed by atoms with E-state index in [1.165, 1.54) is 26.4 Å². The number of hydrogen-bond donors (Lipinski definition) is 0. The molecule has 1 aliphatic heterocycles. The molecular weight excluding hydrogens is 460 g/mol. The van der Waals surface area contributed by atoms with Crippen molar-refractivity contribution in [3.8, 4) is 0 Å². The van der Waals surface area contributed by atoms with Gasteiger partial charge < -0.3 is 18.3 Å². The molecule has 0 bridgehead atoms. The molecule has 0 radical (unpaired) electrons. The third-order valence-electron chi connectivity index (χ3n) is 7.48. The smallest absolute Gasteiger partial charge is 0.311 e. The Hall–Kier alpha value is -0.216. The van der Waals surface area contributed by atoms with Crippen molar-refractivity contribution in [1.29, 1.82) is 0 Å². The molecule has 1 heterocycles. The first-order chi connectivity index (χ1) is 15.6. The zero-order valence-corrected chi connectivity index (χ0v) is 26.0. The van der Waals surface area contributed by atoms with Crippen LogP contribution in [0.15, 0.2) is 0 Å². The average Bonchev–Trinajstić information content (AvgIpc) is 3.43. The number of rotatable bonds is 6. The van der Waals surface area contributed by atoms with Gasteiger partial charge >= 0.3 is 5.97 Å². The second kappa shape index (κ2) is 12.4. The monoisotopic (exact) mass is 514 g/mol. The van der Waals surface area contributed by atoms with Crippen molar-refractivity contribution in [3.63, 3.8) is 0 Å². The van der Waals surface area contributed by atoms with Gasteiger partial charge in [0.15, 0.2) is 16.6 Å². The van der Waals surface area contributed by atoms with E-state index in [-0.39, 0.29) is 36.3 Å². The molecule has 0 aromatic carbocycles. The minimum Gasteiger partial charge on any atom is -0.469 e. The summed E-state index contributed by atoms with van der Waals surface area (Å²) in [4.78, 5) is 13.0. The molecular formula is C27H54O5Si2. The van der Waals surface area contributed by atoms with Crippen LogP contribution in [0.1, 0.15) is 66.2 Å². The van der Waals surface area contributed by atoms with E-state index in [1.807, 2.05) is 0 Å². The molecule has 0 spiro atoms. The van der Waals surface area contributed by atoms with Crippen LogP contribution in [0.2, 0.25) is 39.3 Å². The molecule has 1 saturated carbocycles. The summed E-state index contributed by atoms with van der Waals surface area (Å²) in [5.74, 6) is 1.45. The molecule has 0 N–H and O–H groups in total. The lowest BCUT2D eigenvalue weighted by molar-refractivity contribution is -0.147. The number of methoxy groups -OCH3 is 1. The summed E-state index contributed by atoms with van der Waals surface area (Å²) in [5, 5.41) is 0. The summed E-state index contributed by atoms with van der Waals surface area (Å²) in [7, 11) is -2.05. The highest BCUT2D eigenvalue weighted by Crippen LogP contribution is 2.42. The van der Waals surface area contributed by atoms with E-state index in [2.05, 4.69) is 67.0 Å². The molecule has 5 nitrogen and oxygen atoms in total. The number of hydrogen-bond acceptors (Lipinski definition) is 5. The second-order valence-corrected chi connectivity index (χ2v) is 22.4. The van der Waals surface area contributed by atoms with Gasteiger partial charge in [0.25, 0.3) is 0 Å². The molecule has 8 atom stereocenters. The fourth-order valence-corrected chi connectivity index (χ4v) is 8.11. The summed E-state index contributed by atoms with van der Waals surface area (Å²) in [6.45, 7) is 22.9. The van der Waals surface area contributed by atoms with Gasteiger partial charge in [0.1, 0.15) is 0 Å². The Bertz CT molecular complexity index is 642. The number of esters is 1. The van der Waals surface area contributed by atoms with Crippen molar-refractivity contribution in [1.82, 2.24) is 0 Å². The van der Waals surface area contributed by atoms with Crippen molar-refractivity contribution in [2.75, 3.05) is 7.11 Å². The maximum atomic E-state index is 13.0. The lowest BCUT2D eigenvalue weighted by atomic mass is 9.78. The normalized spacial score (nSPS) is 36.5. The first kappa shape index (κ1) is 30.0. The highest BCUT2D eigenvalue weighted by atomic mass is 28.4. The van der Waals surface area contributed by atoms with Crippen molar-refractivity contribution in [3.05, 3.63) is 0 Å². The maximum absolute atomic E-state index is 13.0. The van der Waals surface area contributed by atoms with Gasteiger partial charge in [-0.05, 0) is 88.6 Å². The third kappa shape index (κ3) is 9.68. The van der Waals surface area contributed by atoms with Gasteiger partial charge in [0.2, 0.25) is 0 Å². The van der Waals surface area contributed by atoms with Gasteiger partial charge in [-0.15, -0.1) is 0 Å². The predicted octanol–water partition coefficient (Wildman–Crippen LogP) is 6.88. The van der Waals surface area contributed by atoms with Crippen LogP contribution in [0.5, 0.6) is 0 Å². The summed E-state index contributed by atoms with van der Waals surface area (Å²) in [5.41, 5.74) is 0. The highest BCUT2D eigenvalue weighted by molar-refractivity contribution is 6.70. The molecule has 200 valence electrons. The molecule has 7 heteroatoms. The number of carbonyl (C=O) groups is 1. The Balaban J connectivity index is 2.44. The van der Waals surface area contributed by atoms with Crippen LogP contribution in [0.3, 0.4) is 0 Å². The van der Waals surface area contributed by atoms with Gasteiger partial charge in [-0.3, -0.25) is 4.79 Å². The maximum Gasteiger partial charge on any atom is 0.311 e. The van der Waals surface area contributed by atoms with Crippen LogP contribution in [-0.4, -0.2) is 54.1 Å². The minimum absolute atomic E-state index is 0.000848. The fourth-order valence-electron chi connectivity index (χ4n) is 5.69. The van der Waals surface area contributed by atoms with E-state index in [9.17, 15) is 4.79 Å². The molecule has 34 heavy (non-hydrogen) atoms. The number of epoxide rings is 1. The molecule has 2 fully saturated rings. The Morgan fingerprint density at radius 3 is 2.00 bits per heavy atom. The molecule has 0 amide bonds. The van der Waals surface area contributed by atoms with Crippen molar-refractivity contribution >= 4 is 22.6 Å².